The Morgan fingerprint density at radius 1 is 1.31 bits per heavy atom. The lowest BCUT2D eigenvalue weighted by Crippen LogP contribution is -2.42. The highest BCUT2D eigenvalue weighted by Gasteiger charge is 2.30. The quantitative estimate of drug-likeness (QED) is 0.766. The van der Waals surface area contributed by atoms with Gasteiger partial charge in [-0.25, -0.2) is 4.39 Å². The van der Waals surface area contributed by atoms with Crippen molar-refractivity contribution in [3.63, 3.8) is 0 Å². The van der Waals surface area contributed by atoms with Crippen molar-refractivity contribution in [2.24, 2.45) is 0 Å². The van der Waals surface area contributed by atoms with E-state index in [-0.39, 0.29) is 11.9 Å². The number of halogens is 1. The molecule has 0 saturated heterocycles. The van der Waals surface area contributed by atoms with Crippen LogP contribution in [0.1, 0.15) is 20.3 Å². The van der Waals surface area contributed by atoms with Crippen LogP contribution in [0.4, 0.5) is 4.39 Å². The van der Waals surface area contributed by atoms with Crippen molar-refractivity contribution in [1.29, 1.82) is 0 Å². The highest BCUT2D eigenvalue weighted by Crippen LogP contribution is 2.24. The molecule has 0 bridgehead atoms. The molecule has 1 aromatic carbocycles. The lowest BCUT2D eigenvalue weighted by Gasteiger charge is -2.33. The van der Waals surface area contributed by atoms with E-state index >= 15 is 0 Å². The monoisotopic (exact) mass is 225 g/mol. The maximum atomic E-state index is 12.7. The second kappa shape index (κ2) is 5.30. The van der Waals surface area contributed by atoms with Crippen molar-refractivity contribution in [1.82, 2.24) is 0 Å². The van der Waals surface area contributed by atoms with Gasteiger partial charge in [0.1, 0.15) is 17.2 Å². The van der Waals surface area contributed by atoms with E-state index in [1.807, 2.05) is 13.8 Å². The minimum absolute atomic E-state index is 0.0995. The van der Waals surface area contributed by atoms with Gasteiger partial charge in [0.25, 0.3) is 0 Å². The first-order valence-electron chi connectivity index (χ1n) is 5.26. The van der Waals surface area contributed by atoms with E-state index in [2.05, 4.69) is 6.92 Å². The normalized spacial score (nSPS) is 13.6. The summed E-state index contributed by atoms with van der Waals surface area (Å²) in [7, 11) is 1.63. The average molecular weight is 225 g/mol. The number of benzene rings is 1. The van der Waals surface area contributed by atoms with Gasteiger partial charge in [0, 0.05) is 7.11 Å². The van der Waals surface area contributed by atoms with Crippen molar-refractivity contribution in [3.05, 3.63) is 37.0 Å². The fraction of sp³-hybridized carbons (Fsp3) is 0.462. The van der Waals surface area contributed by atoms with Crippen LogP contribution in [0.15, 0.2) is 24.3 Å². The van der Waals surface area contributed by atoms with E-state index in [9.17, 15) is 4.39 Å². The van der Waals surface area contributed by atoms with Gasteiger partial charge in [-0.2, -0.15) is 0 Å². The second-order valence-corrected chi connectivity index (χ2v) is 4.17. The summed E-state index contributed by atoms with van der Waals surface area (Å²) in [5.74, 6) is 0.354. The predicted octanol–water partition coefficient (Wildman–Crippen LogP) is 3.22. The first-order chi connectivity index (χ1) is 7.49. The Labute approximate surface area is 96.4 Å². The first-order valence-corrected chi connectivity index (χ1v) is 5.26. The summed E-state index contributed by atoms with van der Waals surface area (Å²) < 4.78 is 23.8. The highest BCUT2D eigenvalue weighted by molar-refractivity contribution is 5.23. The summed E-state index contributed by atoms with van der Waals surface area (Å²) in [5, 5.41) is 0. The van der Waals surface area contributed by atoms with Crippen molar-refractivity contribution >= 4 is 0 Å². The van der Waals surface area contributed by atoms with E-state index in [0.29, 0.717) is 12.2 Å². The summed E-state index contributed by atoms with van der Waals surface area (Å²) >= 11 is 0. The molecule has 1 aromatic rings. The van der Waals surface area contributed by atoms with Crippen LogP contribution in [0.2, 0.25) is 0 Å². The van der Waals surface area contributed by atoms with Crippen LogP contribution in [0.25, 0.3) is 0 Å². The standard InChI is InChI=1S/C13H18FO2/c1-5-12(15-4)13(2,3)16-11-8-6-10(14)7-9-11/h6-9,12H,1,5H2,2-4H3. The van der Waals surface area contributed by atoms with Gasteiger partial charge >= 0.3 is 0 Å². The third kappa shape index (κ3) is 3.20. The van der Waals surface area contributed by atoms with Gasteiger partial charge in [-0.15, -0.1) is 0 Å². The molecule has 0 spiro atoms. The number of rotatable bonds is 5. The fourth-order valence-electron chi connectivity index (χ4n) is 1.62. The van der Waals surface area contributed by atoms with Crippen LogP contribution in [0.3, 0.4) is 0 Å². The van der Waals surface area contributed by atoms with Gasteiger partial charge < -0.3 is 9.47 Å². The lowest BCUT2D eigenvalue weighted by atomic mass is 9.99. The number of hydrogen-bond donors (Lipinski definition) is 0. The molecule has 0 heterocycles. The molecule has 1 atom stereocenters. The number of methoxy groups -OCH3 is 1. The van der Waals surface area contributed by atoms with Crippen LogP contribution in [-0.2, 0) is 4.74 Å². The molecule has 16 heavy (non-hydrogen) atoms. The van der Waals surface area contributed by atoms with Gasteiger partial charge in [0.05, 0.1) is 6.10 Å². The SMILES string of the molecule is [CH2]CC(OC)C(C)(C)Oc1ccc(F)cc1. The van der Waals surface area contributed by atoms with Crippen LogP contribution < -0.4 is 4.74 Å². The molecule has 1 radical (unpaired) electrons. The lowest BCUT2D eigenvalue weighted by molar-refractivity contribution is -0.0512. The third-order valence-electron chi connectivity index (χ3n) is 2.52. The van der Waals surface area contributed by atoms with Gasteiger partial charge in [0.15, 0.2) is 0 Å². The minimum atomic E-state index is -0.492. The average Bonchev–Trinajstić information content (AvgIpc) is 2.22. The largest absolute Gasteiger partial charge is 0.485 e. The molecule has 0 fully saturated rings. The van der Waals surface area contributed by atoms with Crippen LogP contribution in [0, 0.1) is 12.7 Å². The summed E-state index contributed by atoms with van der Waals surface area (Å²) in [5.41, 5.74) is -0.492. The summed E-state index contributed by atoms with van der Waals surface area (Å²) in [6.07, 6.45) is 0.516. The Kier molecular flexibility index (Phi) is 4.30. The fourth-order valence-corrected chi connectivity index (χ4v) is 1.62. The molecule has 0 aromatic heterocycles. The maximum absolute atomic E-state index is 12.7. The Bertz CT molecular complexity index is 315. The topological polar surface area (TPSA) is 18.5 Å². The maximum Gasteiger partial charge on any atom is 0.129 e. The molecule has 0 amide bonds. The van der Waals surface area contributed by atoms with E-state index in [1.165, 1.54) is 12.1 Å². The molecule has 89 valence electrons. The van der Waals surface area contributed by atoms with E-state index in [0.717, 1.165) is 0 Å². The minimum Gasteiger partial charge on any atom is -0.485 e. The number of hydrogen-bond acceptors (Lipinski definition) is 2. The van der Waals surface area contributed by atoms with Crippen molar-refractivity contribution in [2.45, 2.75) is 32.0 Å². The predicted molar refractivity (Wildman–Crippen MR) is 61.9 cm³/mol. The molecule has 1 rings (SSSR count). The van der Waals surface area contributed by atoms with Gasteiger partial charge in [-0.3, -0.25) is 0 Å². The highest BCUT2D eigenvalue weighted by atomic mass is 19.1. The first kappa shape index (κ1) is 13.0. The molecule has 0 aliphatic carbocycles. The van der Waals surface area contributed by atoms with Crippen molar-refractivity contribution in [3.8, 4) is 5.75 Å². The third-order valence-corrected chi connectivity index (χ3v) is 2.52. The van der Waals surface area contributed by atoms with Crippen molar-refractivity contribution in [2.75, 3.05) is 7.11 Å². The van der Waals surface area contributed by atoms with Crippen LogP contribution in [0.5, 0.6) is 5.75 Å². The summed E-state index contributed by atoms with van der Waals surface area (Å²) in [6, 6.07) is 5.95. The van der Waals surface area contributed by atoms with E-state index in [4.69, 9.17) is 9.47 Å². The molecule has 0 N–H and O–H groups in total. The summed E-state index contributed by atoms with van der Waals surface area (Å²) in [4.78, 5) is 0. The number of ether oxygens (including phenoxy) is 2. The van der Waals surface area contributed by atoms with Crippen LogP contribution in [-0.4, -0.2) is 18.8 Å². The molecule has 3 heteroatoms. The zero-order valence-electron chi connectivity index (χ0n) is 10.00. The molecular formula is C13H18FO2. The Morgan fingerprint density at radius 3 is 2.31 bits per heavy atom. The van der Waals surface area contributed by atoms with Crippen LogP contribution >= 0.6 is 0 Å². The molecule has 1 unspecified atom stereocenters. The molecule has 0 saturated carbocycles. The van der Waals surface area contributed by atoms with Gasteiger partial charge in [-0.1, -0.05) is 6.92 Å². The molecule has 0 aliphatic rings. The van der Waals surface area contributed by atoms with Gasteiger partial charge in [-0.05, 0) is 44.5 Å². The molecular weight excluding hydrogens is 207 g/mol. The second-order valence-electron chi connectivity index (χ2n) is 4.17. The van der Waals surface area contributed by atoms with Crippen molar-refractivity contribution < 1.29 is 13.9 Å². The Hall–Kier alpha value is -1.09. The van der Waals surface area contributed by atoms with Gasteiger partial charge in [0.2, 0.25) is 0 Å². The summed E-state index contributed by atoms with van der Waals surface area (Å²) in [6.45, 7) is 7.67. The zero-order chi connectivity index (χ0) is 12.2. The van der Waals surface area contributed by atoms with E-state index < -0.39 is 5.60 Å². The smallest absolute Gasteiger partial charge is 0.129 e. The molecule has 0 aliphatic heterocycles. The molecule has 2 nitrogen and oxygen atoms in total. The van der Waals surface area contributed by atoms with E-state index in [1.54, 1.807) is 19.2 Å². The zero-order valence-corrected chi connectivity index (χ0v) is 10.00. The Morgan fingerprint density at radius 2 is 1.88 bits per heavy atom. The Balaban J connectivity index is 2.75.